The number of benzene rings is 2. The first-order valence-electron chi connectivity index (χ1n) is 12.6. The Morgan fingerprint density at radius 3 is 2.26 bits per heavy atom. The number of fused-ring (bicyclic) bond motifs is 3. The van der Waals surface area contributed by atoms with Crippen molar-refractivity contribution < 1.29 is 24.2 Å². The lowest BCUT2D eigenvalue weighted by molar-refractivity contribution is -0.139. The van der Waals surface area contributed by atoms with Crippen molar-refractivity contribution >= 4 is 18.0 Å². The van der Waals surface area contributed by atoms with Gasteiger partial charge in [0.05, 0.1) is 6.42 Å². The van der Waals surface area contributed by atoms with E-state index < -0.39 is 12.1 Å². The first-order valence-corrected chi connectivity index (χ1v) is 12.6. The molecule has 3 N–H and O–H groups in total. The van der Waals surface area contributed by atoms with E-state index in [4.69, 9.17) is 9.84 Å². The zero-order valence-electron chi connectivity index (χ0n) is 20.2. The minimum atomic E-state index is -0.834. The van der Waals surface area contributed by atoms with E-state index in [1.165, 1.54) is 11.1 Å². The van der Waals surface area contributed by atoms with Crippen molar-refractivity contribution in [3.63, 3.8) is 0 Å². The smallest absolute Gasteiger partial charge is 0.407 e. The summed E-state index contributed by atoms with van der Waals surface area (Å²) < 4.78 is 5.62. The second kappa shape index (κ2) is 11.4. The van der Waals surface area contributed by atoms with Crippen LogP contribution in [0.1, 0.15) is 68.9 Å². The fourth-order valence-corrected chi connectivity index (χ4v) is 5.46. The summed E-state index contributed by atoms with van der Waals surface area (Å²) in [5.41, 5.74) is 4.64. The van der Waals surface area contributed by atoms with Crippen molar-refractivity contribution in [1.82, 2.24) is 10.6 Å². The summed E-state index contributed by atoms with van der Waals surface area (Å²) in [5, 5.41) is 15.0. The molecule has 0 radical (unpaired) electrons. The Morgan fingerprint density at radius 1 is 1.00 bits per heavy atom. The van der Waals surface area contributed by atoms with Gasteiger partial charge in [-0.05, 0) is 47.4 Å². The van der Waals surface area contributed by atoms with Crippen LogP contribution in [-0.2, 0) is 14.3 Å². The minimum absolute atomic E-state index is 0.0194. The molecular weight excluding hydrogens is 444 g/mol. The second-order valence-electron chi connectivity index (χ2n) is 9.60. The zero-order valence-corrected chi connectivity index (χ0v) is 20.2. The number of carboxylic acid groups (broad SMARTS) is 1. The van der Waals surface area contributed by atoms with E-state index in [1.54, 1.807) is 0 Å². The van der Waals surface area contributed by atoms with Gasteiger partial charge in [0.1, 0.15) is 6.61 Å². The van der Waals surface area contributed by atoms with Crippen molar-refractivity contribution in [3.8, 4) is 11.1 Å². The molecule has 35 heavy (non-hydrogen) atoms. The number of amides is 2. The number of hydrogen-bond acceptors (Lipinski definition) is 4. The number of hydrogen-bond donors (Lipinski definition) is 3. The van der Waals surface area contributed by atoms with Gasteiger partial charge < -0.3 is 20.5 Å². The van der Waals surface area contributed by atoms with Crippen molar-refractivity contribution in [1.29, 1.82) is 0 Å². The van der Waals surface area contributed by atoms with Gasteiger partial charge in [0.15, 0.2) is 0 Å². The third-order valence-corrected chi connectivity index (χ3v) is 7.28. The van der Waals surface area contributed by atoms with Crippen molar-refractivity contribution in [2.24, 2.45) is 5.92 Å². The third-order valence-electron chi connectivity index (χ3n) is 7.28. The maximum absolute atomic E-state index is 12.7. The molecule has 1 saturated carbocycles. The van der Waals surface area contributed by atoms with Crippen LogP contribution in [0.25, 0.3) is 11.1 Å². The Morgan fingerprint density at radius 2 is 1.63 bits per heavy atom. The van der Waals surface area contributed by atoms with Crippen LogP contribution in [0.4, 0.5) is 4.79 Å². The number of alkyl carbamates (subject to hydrolysis) is 1. The average Bonchev–Trinajstić information content (AvgIpc) is 3.17. The van der Waals surface area contributed by atoms with Gasteiger partial charge in [0, 0.05) is 24.4 Å². The molecule has 7 nitrogen and oxygen atoms in total. The molecule has 0 aliphatic heterocycles. The Balaban J connectivity index is 1.30. The number of rotatable bonds is 9. The summed E-state index contributed by atoms with van der Waals surface area (Å²) in [6, 6.07) is 15.9. The molecule has 0 unspecified atom stereocenters. The lowest BCUT2D eigenvalue weighted by Gasteiger charge is -2.31. The van der Waals surface area contributed by atoms with E-state index in [-0.39, 0.29) is 49.3 Å². The quantitative estimate of drug-likeness (QED) is 0.478. The molecule has 2 aliphatic rings. The Bertz CT molecular complexity index is 1020. The van der Waals surface area contributed by atoms with Crippen LogP contribution >= 0.6 is 0 Å². The number of carboxylic acids is 1. The number of ether oxygens (including phenoxy) is 1. The van der Waals surface area contributed by atoms with E-state index >= 15 is 0 Å². The molecule has 4 rings (SSSR count). The van der Waals surface area contributed by atoms with Crippen LogP contribution in [0, 0.1) is 5.92 Å². The van der Waals surface area contributed by atoms with E-state index in [0.29, 0.717) is 6.42 Å². The maximum Gasteiger partial charge on any atom is 0.407 e. The Kier molecular flexibility index (Phi) is 8.06. The van der Waals surface area contributed by atoms with Crippen molar-refractivity contribution in [2.75, 3.05) is 6.61 Å². The zero-order chi connectivity index (χ0) is 24.8. The highest BCUT2D eigenvalue weighted by Gasteiger charge is 2.30. The van der Waals surface area contributed by atoms with Crippen LogP contribution < -0.4 is 10.6 Å². The number of carbonyl (C=O) groups is 3. The summed E-state index contributed by atoms with van der Waals surface area (Å²) in [7, 11) is 0. The van der Waals surface area contributed by atoms with Crippen molar-refractivity contribution in [3.05, 3.63) is 59.7 Å². The molecule has 0 saturated heterocycles. The summed E-state index contributed by atoms with van der Waals surface area (Å²) in [4.78, 5) is 36.5. The molecular formula is C28H34N2O5. The normalized spacial score (nSPS) is 19.8. The van der Waals surface area contributed by atoms with Gasteiger partial charge >= 0.3 is 12.1 Å². The van der Waals surface area contributed by atoms with E-state index in [1.807, 2.05) is 31.2 Å². The van der Waals surface area contributed by atoms with Gasteiger partial charge in [0.2, 0.25) is 5.91 Å². The lowest BCUT2D eigenvalue weighted by Crippen LogP contribution is -2.45. The van der Waals surface area contributed by atoms with Gasteiger partial charge in [-0.2, -0.15) is 0 Å². The number of nitrogens with one attached hydrogen (secondary N) is 2. The SMILES string of the molecule is CC[C@H](CC(=O)N[C@H]1CCCC[C@H]1CC(=O)O)NC(=O)OCC1c2ccccc2-c2ccccc21. The topological polar surface area (TPSA) is 105 Å². The van der Waals surface area contributed by atoms with Gasteiger partial charge in [-0.1, -0.05) is 68.3 Å². The van der Waals surface area contributed by atoms with Crippen LogP contribution in [0.5, 0.6) is 0 Å². The minimum Gasteiger partial charge on any atom is -0.481 e. The molecule has 1 fully saturated rings. The third kappa shape index (κ3) is 6.02. The second-order valence-corrected chi connectivity index (χ2v) is 9.60. The monoisotopic (exact) mass is 478 g/mol. The molecule has 3 atom stereocenters. The molecule has 7 heteroatoms. The fourth-order valence-electron chi connectivity index (χ4n) is 5.46. The van der Waals surface area contributed by atoms with Crippen LogP contribution in [-0.4, -0.2) is 41.8 Å². The molecule has 2 aliphatic carbocycles. The summed E-state index contributed by atoms with van der Waals surface area (Å²) in [5.74, 6) is -1.06. The molecule has 0 bridgehead atoms. The van der Waals surface area contributed by atoms with Crippen LogP contribution in [0.3, 0.4) is 0 Å². The lowest BCUT2D eigenvalue weighted by atomic mass is 9.82. The van der Waals surface area contributed by atoms with Gasteiger partial charge in [-0.15, -0.1) is 0 Å². The largest absolute Gasteiger partial charge is 0.481 e. The first kappa shape index (κ1) is 24.8. The van der Waals surface area contributed by atoms with E-state index in [2.05, 4.69) is 34.9 Å². The Hall–Kier alpha value is -3.35. The van der Waals surface area contributed by atoms with E-state index in [9.17, 15) is 14.4 Å². The van der Waals surface area contributed by atoms with Crippen LogP contribution in [0.2, 0.25) is 0 Å². The van der Waals surface area contributed by atoms with Crippen LogP contribution in [0.15, 0.2) is 48.5 Å². The van der Waals surface area contributed by atoms with Gasteiger partial charge in [-0.3, -0.25) is 9.59 Å². The molecule has 0 spiro atoms. The molecule has 0 aromatic heterocycles. The van der Waals surface area contributed by atoms with Crippen molar-refractivity contribution in [2.45, 2.75) is 69.9 Å². The summed E-state index contributed by atoms with van der Waals surface area (Å²) in [6.07, 6.45) is 3.83. The molecule has 2 aromatic carbocycles. The van der Waals surface area contributed by atoms with Gasteiger partial charge in [0.25, 0.3) is 0 Å². The standard InChI is InChI=1S/C28H34N2O5/c1-2-19(16-26(31)30-25-14-8-3-9-18(25)15-27(32)33)29-28(34)35-17-24-22-12-6-4-10-20(22)21-11-5-7-13-23(21)24/h4-7,10-13,18-19,24-25H,2-3,8-9,14-17H2,1H3,(H,29,34)(H,30,31)(H,32,33)/t18-,19+,25-/m0/s1. The highest BCUT2D eigenvalue weighted by atomic mass is 16.5. The first-order chi connectivity index (χ1) is 17.0. The highest BCUT2D eigenvalue weighted by Crippen LogP contribution is 2.44. The predicted molar refractivity (Wildman–Crippen MR) is 133 cm³/mol. The molecule has 2 amide bonds. The number of carbonyl (C=O) groups excluding carboxylic acids is 2. The molecule has 0 heterocycles. The highest BCUT2D eigenvalue weighted by molar-refractivity contribution is 5.80. The van der Waals surface area contributed by atoms with Gasteiger partial charge in [-0.25, -0.2) is 4.79 Å². The molecule has 186 valence electrons. The maximum atomic E-state index is 12.7. The number of aliphatic carboxylic acids is 1. The summed E-state index contributed by atoms with van der Waals surface area (Å²) >= 11 is 0. The average molecular weight is 479 g/mol. The fraction of sp³-hybridized carbons (Fsp3) is 0.464. The predicted octanol–water partition coefficient (Wildman–Crippen LogP) is 4.84. The summed E-state index contributed by atoms with van der Waals surface area (Å²) in [6.45, 7) is 2.14. The Labute approximate surface area is 206 Å². The molecule has 2 aromatic rings. The van der Waals surface area contributed by atoms with E-state index in [0.717, 1.165) is 36.8 Å².